The molecule has 146 valence electrons. The summed E-state index contributed by atoms with van der Waals surface area (Å²) < 4.78 is 15.1. The largest absolute Gasteiger partial charge is 0.273 e. The minimum Gasteiger partial charge on any atom is -0.273 e. The lowest BCUT2D eigenvalue weighted by Gasteiger charge is -2.11. The first-order valence-electron chi connectivity index (χ1n) is 8.56. The standard InChI is InChI=1S/C18H19FN6O2S/c1-11-13(12(2)25-18(22-11)20-10-21-25)7-8-16(26)23-24-17(27)9-28-15-6-4-3-5-14(15)19/h3-6,10H,7-9H2,1-2H3,(H,23,26)(H,24,27). The molecule has 28 heavy (non-hydrogen) atoms. The molecule has 0 saturated heterocycles. The highest BCUT2D eigenvalue weighted by Crippen LogP contribution is 2.20. The molecule has 3 aromatic rings. The Labute approximate surface area is 164 Å². The average Bonchev–Trinajstić information content (AvgIpc) is 3.14. The van der Waals surface area contributed by atoms with E-state index in [0.717, 1.165) is 28.7 Å². The number of nitrogens with zero attached hydrogens (tertiary/aromatic N) is 4. The lowest BCUT2D eigenvalue weighted by molar-refractivity contribution is -0.127. The van der Waals surface area contributed by atoms with E-state index in [-0.39, 0.29) is 23.9 Å². The molecule has 8 nitrogen and oxygen atoms in total. The molecule has 0 aliphatic carbocycles. The maximum absolute atomic E-state index is 13.5. The molecule has 0 atom stereocenters. The molecule has 0 spiro atoms. The highest BCUT2D eigenvalue weighted by Gasteiger charge is 2.13. The number of hydrogen-bond acceptors (Lipinski definition) is 6. The van der Waals surface area contributed by atoms with Crippen molar-refractivity contribution in [1.82, 2.24) is 30.4 Å². The third kappa shape index (κ3) is 4.63. The number of fused-ring (bicyclic) bond motifs is 1. The summed E-state index contributed by atoms with van der Waals surface area (Å²) in [6.07, 6.45) is 2.05. The van der Waals surface area contributed by atoms with E-state index in [1.807, 2.05) is 13.8 Å². The molecule has 0 radical (unpaired) electrons. The van der Waals surface area contributed by atoms with Gasteiger partial charge in [-0.15, -0.1) is 11.8 Å². The van der Waals surface area contributed by atoms with Gasteiger partial charge in [-0.05, 0) is 38.0 Å². The molecular weight excluding hydrogens is 383 g/mol. The number of amides is 2. The number of halogens is 1. The van der Waals surface area contributed by atoms with Crippen LogP contribution in [0.25, 0.3) is 5.78 Å². The normalized spacial score (nSPS) is 10.8. The van der Waals surface area contributed by atoms with Gasteiger partial charge in [0.25, 0.3) is 5.78 Å². The second-order valence-electron chi connectivity index (χ2n) is 6.05. The van der Waals surface area contributed by atoms with E-state index >= 15 is 0 Å². The maximum Gasteiger partial charge on any atom is 0.252 e. The van der Waals surface area contributed by atoms with Crippen molar-refractivity contribution in [2.75, 3.05) is 5.75 Å². The topological polar surface area (TPSA) is 101 Å². The van der Waals surface area contributed by atoms with Crippen LogP contribution in [0.4, 0.5) is 4.39 Å². The molecule has 1 aromatic carbocycles. The summed E-state index contributed by atoms with van der Waals surface area (Å²) in [7, 11) is 0. The first kappa shape index (κ1) is 19.7. The van der Waals surface area contributed by atoms with Gasteiger partial charge in [0.05, 0.1) is 5.75 Å². The van der Waals surface area contributed by atoms with Crippen LogP contribution >= 0.6 is 11.8 Å². The van der Waals surface area contributed by atoms with Gasteiger partial charge in [-0.3, -0.25) is 20.4 Å². The fourth-order valence-electron chi connectivity index (χ4n) is 2.70. The Morgan fingerprint density at radius 2 is 1.93 bits per heavy atom. The van der Waals surface area contributed by atoms with Gasteiger partial charge < -0.3 is 0 Å². The SMILES string of the molecule is Cc1nc2ncnn2c(C)c1CCC(=O)NNC(=O)CSc1ccccc1F. The summed E-state index contributed by atoms with van der Waals surface area (Å²) in [5, 5.41) is 4.11. The molecule has 2 amide bonds. The van der Waals surface area contributed by atoms with E-state index in [1.165, 1.54) is 12.4 Å². The zero-order chi connectivity index (χ0) is 20.1. The van der Waals surface area contributed by atoms with Crippen LogP contribution in [-0.4, -0.2) is 37.1 Å². The highest BCUT2D eigenvalue weighted by molar-refractivity contribution is 8.00. The number of nitrogens with one attached hydrogen (secondary N) is 2. The first-order chi connectivity index (χ1) is 13.5. The molecule has 0 aliphatic heterocycles. The van der Waals surface area contributed by atoms with Crippen LogP contribution < -0.4 is 10.9 Å². The number of aryl methyl sites for hydroxylation is 2. The Kier molecular flexibility index (Phi) is 6.19. The molecule has 0 fully saturated rings. The summed E-state index contributed by atoms with van der Waals surface area (Å²) in [6, 6.07) is 6.20. The molecule has 2 aromatic heterocycles. The molecule has 2 N–H and O–H groups in total. The van der Waals surface area contributed by atoms with Crippen molar-refractivity contribution in [2.45, 2.75) is 31.6 Å². The van der Waals surface area contributed by atoms with Crippen molar-refractivity contribution in [3.63, 3.8) is 0 Å². The molecule has 3 rings (SSSR count). The van der Waals surface area contributed by atoms with Gasteiger partial charge in [0.1, 0.15) is 12.1 Å². The van der Waals surface area contributed by atoms with Crippen LogP contribution in [0.1, 0.15) is 23.4 Å². The van der Waals surface area contributed by atoms with Crippen molar-refractivity contribution < 1.29 is 14.0 Å². The number of aromatic nitrogens is 4. The van der Waals surface area contributed by atoms with E-state index in [0.29, 0.717) is 17.1 Å². The number of hydrazine groups is 1. The molecule has 0 bridgehead atoms. The van der Waals surface area contributed by atoms with Gasteiger partial charge in [-0.2, -0.15) is 10.1 Å². The molecule has 0 aliphatic rings. The van der Waals surface area contributed by atoms with E-state index in [9.17, 15) is 14.0 Å². The molecule has 10 heteroatoms. The minimum atomic E-state index is -0.417. The van der Waals surface area contributed by atoms with Crippen LogP contribution in [0.3, 0.4) is 0 Å². The first-order valence-corrected chi connectivity index (χ1v) is 9.55. The smallest absolute Gasteiger partial charge is 0.252 e. The maximum atomic E-state index is 13.5. The van der Waals surface area contributed by atoms with Gasteiger partial charge in [-0.1, -0.05) is 12.1 Å². The van der Waals surface area contributed by atoms with Gasteiger partial charge in [0, 0.05) is 22.7 Å². The van der Waals surface area contributed by atoms with Gasteiger partial charge in [0.2, 0.25) is 11.8 Å². The quantitative estimate of drug-likeness (QED) is 0.481. The summed E-state index contributed by atoms with van der Waals surface area (Å²) in [4.78, 5) is 32.7. The third-order valence-electron chi connectivity index (χ3n) is 4.13. The molecule has 0 saturated carbocycles. The molecule has 2 heterocycles. The third-order valence-corrected chi connectivity index (χ3v) is 5.18. The Morgan fingerprint density at radius 1 is 1.18 bits per heavy atom. The number of benzene rings is 1. The lowest BCUT2D eigenvalue weighted by Crippen LogP contribution is -2.42. The number of thioether (sulfide) groups is 1. The molecule has 0 unspecified atom stereocenters. The summed E-state index contributed by atoms with van der Waals surface area (Å²) in [6.45, 7) is 3.75. The Balaban J connectivity index is 1.47. The second-order valence-corrected chi connectivity index (χ2v) is 7.07. The zero-order valence-corrected chi connectivity index (χ0v) is 16.2. The number of carbonyl (C=O) groups is 2. The van der Waals surface area contributed by atoms with E-state index < -0.39 is 5.91 Å². The van der Waals surface area contributed by atoms with Crippen LogP contribution in [0.2, 0.25) is 0 Å². The number of hydrogen-bond donors (Lipinski definition) is 2. The van der Waals surface area contributed by atoms with Crippen LogP contribution in [0.5, 0.6) is 0 Å². The summed E-state index contributed by atoms with van der Waals surface area (Å²) in [5.74, 6) is -0.621. The van der Waals surface area contributed by atoms with E-state index in [2.05, 4.69) is 25.9 Å². The van der Waals surface area contributed by atoms with Crippen molar-refractivity contribution in [2.24, 2.45) is 0 Å². The monoisotopic (exact) mass is 402 g/mol. The zero-order valence-electron chi connectivity index (χ0n) is 15.4. The predicted molar refractivity (Wildman–Crippen MR) is 102 cm³/mol. The Morgan fingerprint density at radius 3 is 2.71 bits per heavy atom. The fraction of sp³-hybridized carbons (Fsp3) is 0.278. The highest BCUT2D eigenvalue weighted by atomic mass is 32.2. The number of carbonyl (C=O) groups excluding carboxylic acids is 2. The van der Waals surface area contributed by atoms with Crippen molar-refractivity contribution in [1.29, 1.82) is 0 Å². The van der Waals surface area contributed by atoms with Crippen molar-refractivity contribution in [3.05, 3.63) is 53.4 Å². The van der Waals surface area contributed by atoms with Crippen LogP contribution in [0.15, 0.2) is 35.5 Å². The lowest BCUT2D eigenvalue weighted by atomic mass is 10.1. The van der Waals surface area contributed by atoms with Gasteiger partial charge in [-0.25, -0.2) is 13.9 Å². The van der Waals surface area contributed by atoms with Crippen LogP contribution in [-0.2, 0) is 16.0 Å². The second kappa shape index (κ2) is 8.79. The van der Waals surface area contributed by atoms with Crippen molar-refractivity contribution in [3.8, 4) is 0 Å². The van der Waals surface area contributed by atoms with Gasteiger partial charge >= 0.3 is 0 Å². The van der Waals surface area contributed by atoms with E-state index in [1.54, 1.807) is 22.7 Å². The number of rotatable bonds is 6. The Bertz CT molecular complexity index is 1020. The van der Waals surface area contributed by atoms with Crippen molar-refractivity contribution >= 4 is 29.4 Å². The van der Waals surface area contributed by atoms with Gasteiger partial charge in [0.15, 0.2) is 0 Å². The predicted octanol–water partition coefficient (Wildman–Crippen LogP) is 1.75. The summed E-state index contributed by atoms with van der Waals surface area (Å²) >= 11 is 1.06. The van der Waals surface area contributed by atoms with E-state index in [4.69, 9.17) is 0 Å². The van der Waals surface area contributed by atoms with Crippen LogP contribution in [0, 0.1) is 19.7 Å². The summed E-state index contributed by atoms with van der Waals surface area (Å²) in [5.41, 5.74) is 7.29. The molecular formula is C18H19FN6O2S. The fourth-order valence-corrected chi connectivity index (χ4v) is 3.44. The Hall–Kier alpha value is -3.01. The minimum absolute atomic E-state index is 0.00762. The average molecular weight is 402 g/mol.